The molecule has 0 bridgehead atoms. The standard InChI is InChI=1S/C28H41N5O2/c1-20-17-33(18-21(2)35-20)23-12-14-32(15-13-23)24-10-11-26-25(16-24)27(29-31(26)4)28(34)30(3)19-22-8-6-5-7-9-22/h5-9,20-21,23-24H,10-19H2,1-4H3/t20-,21+,24-/m1/s1. The fourth-order valence-electron chi connectivity index (χ4n) is 6.50. The number of benzene rings is 1. The molecule has 0 unspecified atom stereocenters. The minimum atomic E-state index is 0.0284. The van der Waals surface area contributed by atoms with Gasteiger partial charge in [0.25, 0.3) is 5.91 Å². The SMILES string of the molecule is C[C@@H]1CN(C2CCN([C@@H]3CCc4c(c(C(=O)N(C)Cc5ccccc5)nn4C)C3)CC2)C[C@H](C)O1. The van der Waals surface area contributed by atoms with Gasteiger partial charge in [-0.25, -0.2) is 0 Å². The molecule has 1 aliphatic carbocycles. The quantitative estimate of drug-likeness (QED) is 0.660. The zero-order valence-corrected chi connectivity index (χ0v) is 21.8. The number of fused-ring (bicyclic) bond motifs is 1. The number of nitrogens with zero attached hydrogens (tertiary/aromatic N) is 5. The topological polar surface area (TPSA) is 53.8 Å². The Bertz CT molecular complexity index is 1000. The van der Waals surface area contributed by atoms with Crippen molar-refractivity contribution >= 4 is 5.91 Å². The van der Waals surface area contributed by atoms with E-state index in [9.17, 15) is 4.79 Å². The first-order valence-corrected chi connectivity index (χ1v) is 13.4. The van der Waals surface area contributed by atoms with Gasteiger partial charge in [-0.2, -0.15) is 5.10 Å². The molecule has 1 aromatic heterocycles. The predicted octanol–water partition coefficient (Wildman–Crippen LogP) is 3.12. The van der Waals surface area contributed by atoms with Gasteiger partial charge < -0.3 is 9.64 Å². The maximum Gasteiger partial charge on any atom is 0.274 e. The van der Waals surface area contributed by atoms with Gasteiger partial charge in [-0.15, -0.1) is 0 Å². The largest absolute Gasteiger partial charge is 0.373 e. The molecule has 5 rings (SSSR count). The molecule has 3 heterocycles. The van der Waals surface area contributed by atoms with E-state index in [1.165, 1.54) is 24.1 Å². The molecule has 0 N–H and O–H groups in total. The van der Waals surface area contributed by atoms with Crippen LogP contribution in [0.3, 0.4) is 0 Å². The van der Waals surface area contributed by atoms with E-state index in [4.69, 9.17) is 9.84 Å². The van der Waals surface area contributed by atoms with Gasteiger partial charge in [-0.05, 0) is 64.6 Å². The number of likely N-dealkylation sites (tertiary alicyclic amines) is 1. The van der Waals surface area contributed by atoms with Crippen LogP contribution in [-0.2, 0) is 31.2 Å². The van der Waals surface area contributed by atoms with Gasteiger partial charge in [-0.3, -0.25) is 19.3 Å². The number of aryl methyl sites for hydroxylation is 1. The molecule has 3 atom stereocenters. The summed E-state index contributed by atoms with van der Waals surface area (Å²) in [6, 6.07) is 11.3. The molecule has 2 aromatic rings. The summed E-state index contributed by atoms with van der Waals surface area (Å²) in [4.78, 5) is 20.6. The number of carbonyl (C=O) groups is 1. The number of hydrogen-bond donors (Lipinski definition) is 0. The highest BCUT2D eigenvalue weighted by Gasteiger charge is 2.35. The van der Waals surface area contributed by atoms with Crippen molar-refractivity contribution < 1.29 is 9.53 Å². The molecule has 7 heteroatoms. The van der Waals surface area contributed by atoms with Crippen molar-refractivity contribution in [3.63, 3.8) is 0 Å². The molecule has 3 aliphatic rings. The highest BCUT2D eigenvalue weighted by molar-refractivity contribution is 5.94. The van der Waals surface area contributed by atoms with E-state index in [1.54, 1.807) is 4.90 Å². The van der Waals surface area contributed by atoms with E-state index >= 15 is 0 Å². The average Bonchev–Trinajstić information content (AvgIpc) is 3.19. The Labute approximate surface area is 210 Å². The van der Waals surface area contributed by atoms with E-state index < -0.39 is 0 Å². The molecule has 0 spiro atoms. The van der Waals surface area contributed by atoms with Crippen LogP contribution in [0.2, 0.25) is 0 Å². The van der Waals surface area contributed by atoms with E-state index in [-0.39, 0.29) is 5.91 Å². The summed E-state index contributed by atoms with van der Waals surface area (Å²) < 4.78 is 7.89. The molecule has 1 aromatic carbocycles. The molecular weight excluding hydrogens is 438 g/mol. The van der Waals surface area contributed by atoms with Crippen molar-refractivity contribution in [2.45, 2.75) is 76.8 Å². The Morgan fingerprint density at radius 3 is 2.40 bits per heavy atom. The number of ether oxygens (including phenoxy) is 1. The zero-order chi connectivity index (χ0) is 24.5. The number of rotatable bonds is 5. The van der Waals surface area contributed by atoms with Crippen molar-refractivity contribution in [2.24, 2.45) is 7.05 Å². The molecular formula is C28H41N5O2. The first-order valence-electron chi connectivity index (χ1n) is 13.4. The molecule has 1 amide bonds. The third-order valence-electron chi connectivity index (χ3n) is 8.22. The van der Waals surface area contributed by atoms with Gasteiger partial charge in [0.15, 0.2) is 5.69 Å². The van der Waals surface area contributed by atoms with Crippen LogP contribution in [0.1, 0.15) is 60.4 Å². The molecule has 2 aliphatic heterocycles. The summed E-state index contributed by atoms with van der Waals surface area (Å²) in [5, 5.41) is 4.71. The van der Waals surface area contributed by atoms with Crippen molar-refractivity contribution in [1.29, 1.82) is 0 Å². The number of carbonyl (C=O) groups excluding carboxylic acids is 1. The number of hydrogen-bond acceptors (Lipinski definition) is 5. The van der Waals surface area contributed by atoms with E-state index in [2.05, 4.69) is 35.8 Å². The number of amides is 1. The van der Waals surface area contributed by atoms with Crippen LogP contribution in [0.25, 0.3) is 0 Å². The highest BCUT2D eigenvalue weighted by atomic mass is 16.5. The van der Waals surface area contributed by atoms with Gasteiger partial charge >= 0.3 is 0 Å². The molecule has 7 nitrogen and oxygen atoms in total. The van der Waals surface area contributed by atoms with E-state index in [1.807, 2.05) is 37.0 Å². The van der Waals surface area contributed by atoms with Gasteiger partial charge in [0.05, 0.1) is 12.2 Å². The molecule has 0 radical (unpaired) electrons. The molecule has 2 fully saturated rings. The fraction of sp³-hybridized carbons (Fsp3) is 0.643. The number of morpholine rings is 1. The average molecular weight is 480 g/mol. The highest BCUT2D eigenvalue weighted by Crippen LogP contribution is 2.30. The normalized spacial score (nSPS) is 26.5. The lowest BCUT2D eigenvalue weighted by Crippen LogP contribution is -2.54. The zero-order valence-electron chi connectivity index (χ0n) is 21.8. The van der Waals surface area contributed by atoms with Gasteiger partial charge in [0.2, 0.25) is 0 Å². The Balaban J connectivity index is 1.22. The summed E-state index contributed by atoms with van der Waals surface area (Å²) >= 11 is 0. The van der Waals surface area contributed by atoms with Crippen LogP contribution < -0.4 is 0 Å². The molecule has 0 saturated carbocycles. The predicted molar refractivity (Wildman–Crippen MR) is 137 cm³/mol. The van der Waals surface area contributed by atoms with Crippen LogP contribution in [0.15, 0.2) is 30.3 Å². The van der Waals surface area contributed by atoms with E-state index in [0.29, 0.717) is 36.5 Å². The van der Waals surface area contributed by atoms with Crippen molar-refractivity contribution in [3.05, 3.63) is 52.8 Å². The molecule has 35 heavy (non-hydrogen) atoms. The lowest BCUT2D eigenvalue weighted by Gasteiger charge is -2.45. The van der Waals surface area contributed by atoms with Crippen LogP contribution in [0.4, 0.5) is 0 Å². The van der Waals surface area contributed by atoms with Crippen LogP contribution >= 0.6 is 0 Å². The summed E-state index contributed by atoms with van der Waals surface area (Å²) in [6.07, 6.45) is 6.18. The Hall–Kier alpha value is -2.22. The maximum atomic E-state index is 13.4. The van der Waals surface area contributed by atoms with Crippen molar-refractivity contribution in [1.82, 2.24) is 24.5 Å². The molecule has 190 valence electrons. The second kappa shape index (κ2) is 10.4. The Kier molecular flexibility index (Phi) is 7.28. The third kappa shape index (κ3) is 5.32. The minimum Gasteiger partial charge on any atom is -0.373 e. The maximum absolute atomic E-state index is 13.4. The molecule has 2 saturated heterocycles. The van der Waals surface area contributed by atoms with Gasteiger partial charge in [0, 0.05) is 57.1 Å². The summed E-state index contributed by atoms with van der Waals surface area (Å²) in [5.74, 6) is 0.0284. The first kappa shape index (κ1) is 24.5. The first-order chi connectivity index (χ1) is 16.9. The lowest BCUT2D eigenvalue weighted by molar-refractivity contribution is -0.0875. The van der Waals surface area contributed by atoms with Gasteiger partial charge in [-0.1, -0.05) is 30.3 Å². The Morgan fingerprint density at radius 1 is 1.03 bits per heavy atom. The van der Waals surface area contributed by atoms with Crippen LogP contribution in [0.5, 0.6) is 0 Å². The third-order valence-corrected chi connectivity index (χ3v) is 8.22. The Morgan fingerprint density at radius 2 is 1.71 bits per heavy atom. The fourth-order valence-corrected chi connectivity index (χ4v) is 6.50. The number of aromatic nitrogens is 2. The van der Waals surface area contributed by atoms with Gasteiger partial charge in [0.1, 0.15) is 0 Å². The number of piperidine rings is 1. The lowest BCUT2D eigenvalue weighted by atomic mass is 9.88. The minimum absolute atomic E-state index is 0.0284. The second-order valence-corrected chi connectivity index (χ2v) is 10.9. The van der Waals surface area contributed by atoms with Crippen molar-refractivity contribution in [2.75, 3.05) is 33.2 Å². The summed E-state index contributed by atoms with van der Waals surface area (Å²) in [5.41, 5.74) is 4.20. The second-order valence-electron chi connectivity index (χ2n) is 10.9. The van der Waals surface area contributed by atoms with Crippen LogP contribution in [0, 0.1) is 0 Å². The van der Waals surface area contributed by atoms with Crippen molar-refractivity contribution in [3.8, 4) is 0 Å². The van der Waals surface area contributed by atoms with Crippen LogP contribution in [-0.4, -0.2) is 87.9 Å². The van der Waals surface area contributed by atoms with E-state index in [0.717, 1.165) is 51.0 Å². The summed E-state index contributed by atoms with van der Waals surface area (Å²) in [7, 11) is 3.87. The summed E-state index contributed by atoms with van der Waals surface area (Å²) in [6.45, 7) is 9.38. The smallest absolute Gasteiger partial charge is 0.274 e. The monoisotopic (exact) mass is 479 g/mol.